The summed E-state index contributed by atoms with van der Waals surface area (Å²) >= 11 is 0. The van der Waals surface area contributed by atoms with E-state index in [-0.39, 0.29) is 30.9 Å². The van der Waals surface area contributed by atoms with Gasteiger partial charge >= 0.3 is 12.1 Å². The van der Waals surface area contributed by atoms with Gasteiger partial charge in [-0.3, -0.25) is 9.59 Å². The van der Waals surface area contributed by atoms with Gasteiger partial charge in [0.1, 0.15) is 12.6 Å². The average molecular weight is 465 g/mol. The van der Waals surface area contributed by atoms with Crippen molar-refractivity contribution in [3.63, 3.8) is 0 Å². The van der Waals surface area contributed by atoms with Crippen LogP contribution in [0.3, 0.4) is 0 Å². The number of carboxylic acids is 1. The molecule has 0 saturated heterocycles. The van der Waals surface area contributed by atoms with Crippen LogP contribution in [0.4, 0.5) is 4.79 Å². The molecule has 3 N–H and O–H groups in total. The zero-order valence-electron chi connectivity index (χ0n) is 19.8. The van der Waals surface area contributed by atoms with Crippen molar-refractivity contribution >= 4 is 18.0 Å². The predicted octanol–water partition coefficient (Wildman–Crippen LogP) is 4.62. The molecule has 2 amide bonds. The van der Waals surface area contributed by atoms with Crippen molar-refractivity contribution in [1.29, 1.82) is 0 Å². The Morgan fingerprint density at radius 3 is 2.15 bits per heavy atom. The largest absolute Gasteiger partial charge is 0.481 e. The van der Waals surface area contributed by atoms with Gasteiger partial charge in [-0.25, -0.2) is 4.79 Å². The van der Waals surface area contributed by atoms with Crippen LogP contribution in [0.25, 0.3) is 11.1 Å². The maximum atomic E-state index is 12.8. The van der Waals surface area contributed by atoms with Crippen molar-refractivity contribution < 1.29 is 24.2 Å². The molecule has 0 heterocycles. The van der Waals surface area contributed by atoms with Crippen molar-refractivity contribution in [3.05, 3.63) is 71.3 Å². The van der Waals surface area contributed by atoms with Crippen molar-refractivity contribution in [2.24, 2.45) is 0 Å². The summed E-state index contributed by atoms with van der Waals surface area (Å²) in [5, 5.41) is 14.3. The third kappa shape index (κ3) is 6.47. The van der Waals surface area contributed by atoms with Crippen LogP contribution in [0.5, 0.6) is 0 Å². The van der Waals surface area contributed by atoms with E-state index in [1.807, 2.05) is 56.3 Å². The molecule has 2 aromatic carbocycles. The van der Waals surface area contributed by atoms with Gasteiger partial charge in [-0.15, -0.1) is 0 Å². The highest BCUT2D eigenvalue weighted by molar-refractivity contribution is 5.86. The minimum atomic E-state index is -0.918. The van der Waals surface area contributed by atoms with Gasteiger partial charge in [0, 0.05) is 18.4 Å². The van der Waals surface area contributed by atoms with Gasteiger partial charge < -0.3 is 20.5 Å². The third-order valence-electron chi connectivity index (χ3n) is 5.89. The molecule has 2 aromatic rings. The van der Waals surface area contributed by atoms with E-state index < -0.39 is 18.1 Å². The molecule has 0 bridgehead atoms. The Labute approximate surface area is 200 Å². The highest BCUT2D eigenvalue weighted by atomic mass is 16.5. The fraction of sp³-hybridized carbons (Fsp3) is 0.370. The number of carboxylic acid groups (broad SMARTS) is 1. The van der Waals surface area contributed by atoms with Crippen LogP contribution in [0.1, 0.15) is 57.1 Å². The molecular formula is C27H32N2O5. The standard InChI is InChI=1S/C27H32N2O5/c1-17(2)12-14-24(26(32)28-18(3)13-15-25(30)31)29-27(33)34-16-23-21-10-6-4-8-19(21)20-9-5-7-11-22(20)23/h4-12,18,23-24H,13-16H2,1-3H3,(H,28,32)(H,29,33)(H,30,31). The van der Waals surface area contributed by atoms with Crippen LogP contribution in [0.2, 0.25) is 0 Å². The SMILES string of the molecule is CC(C)=CCC(NC(=O)OCC1c2ccccc2-c2ccccc21)C(=O)NC(C)CCC(=O)O. The normalized spacial score (nSPS) is 13.7. The molecule has 0 aromatic heterocycles. The molecule has 0 aliphatic heterocycles. The lowest BCUT2D eigenvalue weighted by molar-refractivity contribution is -0.137. The quantitative estimate of drug-likeness (QED) is 0.445. The van der Waals surface area contributed by atoms with Gasteiger partial charge in [0.05, 0.1) is 0 Å². The molecular weight excluding hydrogens is 432 g/mol. The number of carbonyl (C=O) groups is 3. The van der Waals surface area contributed by atoms with Crippen LogP contribution in [0, 0.1) is 0 Å². The Kier molecular flexibility index (Phi) is 8.46. The lowest BCUT2D eigenvalue weighted by atomic mass is 9.98. The highest BCUT2D eigenvalue weighted by Gasteiger charge is 2.29. The maximum Gasteiger partial charge on any atom is 0.407 e. The van der Waals surface area contributed by atoms with Gasteiger partial charge in [-0.1, -0.05) is 60.2 Å². The molecule has 2 atom stereocenters. The van der Waals surface area contributed by atoms with E-state index in [9.17, 15) is 14.4 Å². The molecule has 3 rings (SSSR count). The van der Waals surface area contributed by atoms with Crippen LogP contribution in [0.15, 0.2) is 60.2 Å². The van der Waals surface area contributed by atoms with E-state index in [0.29, 0.717) is 12.8 Å². The molecule has 0 saturated carbocycles. The minimum Gasteiger partial charge on any atom is -0.481 e. The molecule has 180 valence electrons. The van der Waals surface area contributed by atoms with Crippen LogP contribution in [-0.2, 0) is 14.3 Å². The molecule has 0 spiro atoms. The zero-order valence-corrected chi connectivity index (χ0v) is 19.8. The van der Waals surface area contributed by atoms with E-state index >= 15 is 0 Å². The Balaban J connectivity index is 1.64. The molecule has 1 aliphatic rings. The summed E-state index contributed by atoms with van der Waals surface area (Å²) in [5.41, 5.74) is 5.53. The van der Waals surface area contributed by atoms with Crippen molar-refractivity contribution in [2.75, 3.05) is 6.61 Å². The fourth-order valence-corrected chi connectivity index (χ4v) is 4.12. The summed E-state index contributed by atoms with van der Waals surface area (Å²) < 4.78 is 5.58. The molecule has 7 heteroatoms. The number of allylic oxidation sites excluding steroid dienone is 1. The second-order valence-electron chi connectivity index (χ2n) is 8.88. The first-order valence-corrected chi connectivity index (χ1v) is 11.5. The average Bonchev–Trinajstić information content (AvgIpc) is 3.12. The van der Waals surface area contributed by atoms with Crippen LogP contribution >= 0.6 is 0 Å². The minimum absolute atomic E-state index is 0.0418. The van der Waals surface area contributed by atoms with Crippen molar-refractivity contribution in [3.8, 4) is 11.1 Å². The number of benzene rings is 2. The first-order chi connectivity index (χ1) is 16.3. The third-order valence-corrected chi connectivity index (χ3v) is 5.89. The number of nitrogens with one attached hydrogen (secondary N) is 2. The predicted molar refractivity (Wildman–Crippen MR) is 131 cm³/mol. The molecule has 34 heavy (non-hydrogen) atoms. The highest BCUT2D eigenvalue weighted by Crippen LogP contribution is 2.44. The number of aliphatic carboxylic acids is 1. The number of ether oxygens (including phenoxy) is 1. The lowest BCUT2D eigenvalue weighted by Crippen LogP contribution is -2.49. The smallest absolute Gasteiger partial charge is 0.407 e. The first-order valence-electron chi connectivity index (χ1n) is 11.5. The fourth-order valence-electron chi connectivity index (χ4n) is 4.12. The summed E-state index contributed by atoms with van der Waals surface area (Å²) in [7, 11) is 0. The van der Waals surface area contributed by atoms with Crippen LogP contribution < -0.4 is 10.6 Å². The number of rotatable bonds is 10. The Bertz CT molecular complexity index is 1030. The number of amides is 2. The summed E-state index contributed by atoms with van der Waals surface area (Å²) in [6, 6.07) is 15.0. The summed E-state index contributed by atoms with van der Waals surface area (Å²) in [5.74, 6) is -1.36. The van der Waals surface area contributed by atoms with E-state index in [1.165, 1.54) is 0 Å². The first kappa shape index (κ1) is 25.0. The number of alkyl carbamates (subject to hydrolysis) is 1. The van der Waals surface area contributed by atoms with Gasteiger partial charge in [-0.2, -0.15) is 0 Å². The van der Waals surface area contributed by atoms with Gasteiger partial charge in [-0.05, 0) is 55.9 Å². The Morgan fingerprint density at radius 2 is 1.59 bits per heavy atom. The van der Waals surface area contributed by atoms with E-state index in [2.05, 4.69) is 22.8 Å². The van der Waals surface area contributed by atoms with E-state index in [1.54, 1.807) is 6.92 Å². The van der Waals surface area contributed by atoms with Crippen molar-refractivity contribution in [1.82, 2.24) is 10.6 Å². The summed E-state index contributed by atoms with van der Waals surface area (Å²) in [4.78, 5) is 36.2. The maximum absolute atomic E-state index is 12.8. The number of hydrogen-bond acceptors (Lipinski definition) is 4. The zero-order chi connectivity index (χ0) is 24.7. The second kappa shape index (κ2) is 11.5. The van der Waals surface area contributed by atoms with Crippen LogP contribution in [-0.4, -0.2) is 41.8 Å². The monoisotopic (exact) mass is 464 g/mol. The summed E-state index contributed by atoms with van der Waals surface area (Å²) in [6.45, 7) is 5.73. The molecule has 0 fully saturated rings. The Hall–Kier alpha value is -3.61. The number of fused-ring (bicyclic) bond motifs is 3. The Morgan fingerprint density at radius 1 is 1.00 bits per heavy atom. The van der Waals surface area contributed by atoms with Gasteiger partial charge in [0.2, 0.25) is 5.91 Å². The van der Waals surface area contributed by atoms with Gasteiger partial charge in [0.15, 0.2) is 0 Å². The number of hydrogen-bond donors (Lipinski definition) is 3. The second-order valence-corrected chi connectivity index (χ2v) is 8.88. The molecule has 7 nitrogen and oxygen atoms in total. The van der Waals surface area contributed by atoms with E-state index in [0.717, 1.165) is 27.8 Å². The lowest BCUT2D eigenvalue weighted by Gasteiger charge is -2.21. The number of carbonyl (C=O) groups excluding carboxylic acids is 2. The molecule has 0 radical (unpaired) electrons. The summed E-state index contributed by atoms with van der Waals surface area (Å²) in [6.07, 6.45) is 1.78. The van der Waals surface area contributed by atoms with E-state index in [4.69, 9.17) is 9.84 Å². The molecule has 1 aliphatic carbocycles. The topological polar surface area (TPSA) is 105 Å². The van der Waals surface area contributed by atoms with Gasteiger partial charge in [0.25, 0.3) is 0 Å². The molecule has 2 unspecified atom stereocenters. The van der Waals surface area contributed by atoms with Crippen molar-refractivity contribution in [2.45, 2.75) is 58.0 Å².